The van der Waals surface area contributed by atoms with Gasteiger partial charge in [-0.1, -0.05) is 6.92 Å². The number of hydrogen-bond acceptors (Lipinski definition) is 3. The van der Waals surface area contributed by atoms with Crippen LogP contribution in [0.5, 0.6) is 0 Å². The second kappa shape index (κ2) is 7.12. The van der Waals surface area contributed by atoms with Crippen molar-refractivity contribution in [2.24, 2.45) is 0 Å². The lowest BCUT2D eigenvalue weighted by atomic mass is 10.0. The Morgan fingerprint density at radius 2 is 2.13 bits per heavy atom. The monoisotopic (exact) mass is 233 g/mol. The summed E-state index contributed by atoms with van der Waals surface area (Å²) in [6.07, 6.45) is 1.67. The highest BCUT2D eigenvalue weighted by Gasteiger charge is 2.21. The molecule has 0 aromatic heterocycles. The second-order valence-corrected chi connectivity index (χ2v) is 5.77. The Bertz CT molecular complexity index is 195. The van der Waals surface area contributed by atoms with Crippen LogP contribution in [0.15, 0.2) is 0 Å². The van der Waals surface area contributed by atoms with Gasteiger partial charge in [-0.25, -0.2) is 0 Å². The smallest absolute Gasteiger partial charge is 0.233 e. The predicted octanol–water partition coefficient (Wildman–Crippen LogP) is 1.80. The van der Waals surface area contributed by atoms with Crippen LogP contribution in [0.2, 0.25) is 0 Å². The van der Waals surface area contributed by atoms with Crippen molar-refractivity contribution in [1.82, 2.24) is 5.32 Å². The fourth-order valence-corrected chi connectivity index (χ4v) is 1.78. The van der Waals surface area contributed by atoms with Crippen LogP contribution in [0.4, 0.5) is 0 Å². The summed E-state index contributed by atoms with van der Waals surface area (Å²) >= 11 is 1.59. The number of carbonyl (C=O) groups is 1. The third-order valence-corrected chi connectivity index (χ3v) is 3.62. The summed E-state index contributed by atoms with van der Waals surface area (Å²) in [7, 11) is 0. The second-order valence-electron chi connectivity index (χ2n) is 4.32. The lowest BCUT2D eigenvalue weighted by molar-refractivity contribution is -0.121. The topological polar surface area (TPSA) is 49.3 Å². The molecule has 0 saturated carbocycles. The number of hydrogen-bond donors (Lipinski definition) is 2. The van der Waals surface area contributed by atoms with Crippen molar-refractivity contribution in [3.8, 4) is 0 Å². The molecule has 0 heterocycles. The number of aliphatic hydroxyl groups excluding tert-OH is 1. The first-order chi connectivity index (χ1) is 6.93. The highest BCUT2D eigenvalue weighted by molar-refractivity contribution is 8.00. The fraction of sp³-hybridized carbons (Fsp3) is 0.909. The number of nitrogens with one attached hydrogen (secondary N) is 1. The third kappa shape index (κ3) is 6.79. The summed E-state index contributed by atoms with van der Waals surface area (Å²) in [4.78, 5) is 11.7. The summed E-state index contributed by atoms with van der Waals surface area (Å²) in [5, 5.41) is 11.6. The molecular weight excluding hydrogens is 210 g/mol. The highest BCUT2D eigenvalue weighted by Crippen LogP contribution is 2.14. The number of thioether (sulfide) groups is 1. The molecule has 3 nitrogen and oxygen atoms in total. The maximum Gasteiger partial charge on any atom is 0.233 e. The summed E-state index contributed by atoms with van der Waals surface area (Å²) in [5.74, 6) is 0.919. The molecule has 0 aromatic carbocycles. The molecule has 0 rings (SSSR count). The Morgan fingerprint density at radius 1 is 1.53 bits per heavy atom. The molecule has 0 aliphatic rings. The normalized spacial score (nSPS) is 13.7. The summed E-state index contributed by atoms with van der Waals surface area (Å²) in [6.45, 7) is 8.21. The van der Waals surface area contributed by atoms with Gasteiger partial charge in [-0.3, -0.25) is 4.79 Å². The van der Waals surface area contributed by atoms with Crippen LogP contribution < -0.4 is 5.32 Å². The van der Waals surface area contributed by atoms with Gasteiger partial charge in [0, 0.05) is 12.1 Å². The van der Waals surface area contributed by atoms with Crippen LogP contribution in [0.1, 0.15) is 40.5 Å². The van der Waals surface area contributed by atoms with Gasteiger partial charge >= 0.3 is 0 Å². The standard InChI is InChI=1S/C11H23NO2S/c1-5-11(3,4)12-10(14)9(2)15-8-6-7-13/h9,13H,5-8H2,1-4H3,(H,12,14). The van der Waals surface area contributed by atoms with Gasteiger partial charge in [-0.2, -0.15) is 0 Å². The Morgan fingerprint density at radius 3 is 2.60 bits per heavy atom. The van der Waals surface area contributed by atoms with Crippen LogP contribution in [0.3, 0.4) is 0 Å². The van der Waals surface area contributed by atoms with E-state index >= 15 is 0 Å². The maximum absolute atomic E-state index is 11.7. The minimum Gasteiger partial charge on any atom is -0.396 e. The Hall–Kier alpha value is -0.220. The van der Waals surface area contributed by atoms with Crippen molar-refractivity contribution >= 4 is 17.7 Å². The minimum atomic E-state index is -0.122. The first-order valence-electron chi connectivity index (χ1n) is 5.47. The van der Waals surface area contributed by atoms with Gasteiger partial charge in [-0.05, 0) is 39.4 Å². The van der Waals surface area contributed by atoms with E-state index in [0.29, 0.717) is 0 Å². The molecule has 1 unspecified atom stereocenters. The fourth-order valence-electron chi connectivity index (χ4n) is 0.924. The lowest BCUT2D eigenvalue weighted by Crippen LogP contribution is -2.46. The van der Waals surface area contributed by atoms with Crippen LogP contribution in [-0.4, -0.2) is 34.2 Å². The van der Waals surface area contributed by atoms with Crippen LogP contribution in [-0.2, 0) is 4.79 Å². The molecule has 4 heteroatoms. The van der Waals surface area contributed by atoms with Gasteiger partial charge in [0.1, 0.15) is 0 Å². The molecule has 2 N–H and O–H groups in total. The van der Waals surface area contributed by atoms with Crippen LogP contribution in [0.25, 0.3) is 0 Å². The van der Waals surface area contributed by atoms with E-state index in [1.807, 2.05) is 20.8 Å². The molecule has 0 aromatic rings. The average molecular weight is 233 g/mol. The number of rotatable bonds is 7. The number of carbonyl (C=O) groups excluding carboxylic acids is 1. The van der Waals surface area contributed by atoms with Gasteiger partial charge in [0.2, 0.25) is 5.91 Å². The summed E-state index contributed by atoms with van der Waals surface area (Å²) in [5.41, 5.74) is -0.122. The van der Waals surface area contributed by atoms with E-state index in [0.717, 1.165) is 18.6 Å². The maximum atomic E-state index is 11.7. The van der Waals surface area contributed by atoms with Gasteiger partial charge < -0.3 is 10.4 Å². The first-order valence-corrected chi connectivity index (χ1v) is 6.52. The molecule has 1 atom stereocenters. The molecule has 90 valence electrons. The Balaban J connectivity index is 3.88. The zero-order valence-corrected chi connectivity index (χ0v) is 11.0. The quantitative estimate of drug-likeness (QED) is 0.659. The van der Waals surface area contributed by atoms with E-state index in [9.17, 15) is 4.79 Å². The van der Waals surface area contributed by atoms with E-state index in [4.69, 9.17) is 5.11 Å². The molecule has 0 bridgehead atoms. The average Bonchev–Trinajstić information content (AvgIpc) is 2.17. The molecule has 0 fully saturated rings. The third-order valence-electron chi connectivity index (χ3n) is 2.39. The molecule has 0 radical (unpaired) electrons. The lowest BCUT2D eigenvalue weighted by Gasteiger charge is -2.26. The zero-order chi connectivity index (χ0) is 11.9. The molecule has 15 heavy (non-hydrogen) atoms. The van der Waals surface area contributed by atoms with E-state index in [2.05, 4.69) is 12.2 Å². The van der Waals surface area contributed by atoms with E-state index in [1.54, 1.807) is 11.8 Å². The minimum absolute atomic E-state index is 0.0395. The van der Waals surface area contributed by atoms with Crippen LogP contribution in [0, 0.1) is 0 Å². The number of amides is 1. The van der Waals surface area contributed by atoms with Crippen molar-refractivity contribution < 1.29 is 9.90 Å². The van der Waals surface area contributed by atoms with E-state index < -0.39 is 0 Å². The van der Waals surface area contributed by atoms with Gasteiger partial charge in [-0.15, -0.1) is 11.8 Å². The van der Waals surface area contributed by atoms with Crippen molar-refractivity contribution in [2.75, 3.05) is 12.4 Å². The Labute approximate surface area is 97.0 Å². The van der Waals surface area contributed by atoms with Gasteiger partial charge in [0.25, 0.3) is 0 Å². The van der Waals surface area contributed by atoms with E-state index in [1.165, 1.54) is 0 Å². The molecule has 0 spiro atoms. The predicted molar refractivity (Wildman–Crippen MR) is 66.1 cm³/mol. The first kappa shape index (κ1) is 14.8. The summed E-state index contributed by atoms with van der Waals surface area (Å²) in [6, 6.07) is 0. The van der Waals surface area contributed by atoms with Crippen LogP contribution >= 0.6 is 11.8 Å². The molecule has 1 amide bonds. The Kier molecular flexibility index (Phi) is 7.02. The van der Waals surface area contributed by atoms with E-state index in [-0.39, 0.29) is 23.3 Å². The van der Waals surface area contributed by atoms with Gasteiger partial charge in [0.15, 0.2) is 0 Å². The zero-order valence-electron chi connectivity index (χ0n) is 10.2. The van der Waals surface area contributed by atoms with Crippen molar-refractivity contribution in [3.05, 3.63) is 0 Å². The molecule has 0 aliphatic heterocycles. The molecular formula is C11H23NO2S. The molecule has 0 saturated heterocycles. The molecule has 0 aliphatic carbocycles. The SMILES string of the molecule is CCC(C)(C)NC(=O)C(C)SCCCO. The van der Waals surface area contributed by atoms with Gasteiger partial charge in [0.05, 0.1) is 5.25 Å². The van der Waals surface area contributed by atoms with Crippen molar-refractivity contribution in [2.45, 2.75) is 51.3 Å². The summed E-state index contributed by atoms with van der Waals surface area (Å²) < 4.78 is 0. The highest BCUT2D eigenvalue weighted by atomic mass is 32.2. The number of aliphatic hydroxyl groups is 1. The van der Waals surface area contributed by atoms with Crippen molar-refractivity contribution in [3.63, 3.8) is 0 Å². The largest absolute Gasteiger partial charge is 0.396 e. The van der Waals surface area contributed by atoms with Crippen molar-refractivity contribution in [1.29, 1.82) is 0 Å².